The molecule has 0 aliphatic carbocycles. The SMILES string of the molecule is CCOC(=O)CCN(CCOC(=O)OC)CCC(=O)OCC. The standard InChI is InChI=1S/C14H25NO7/c1-4-20-12(16)6-8-15(9-7-13(17)21-5-2)10-11-22-14(18)19-3/h4-11H2,1-3H3. The lowest BCUT2D eigenvalue weighted by Gasteiger charge is -2.21. The number of methoxy groups -OCH3 is 1. The van der Waals surface area contributed by atoms with Crippen LogP contribution in [0.3, 0.4) is 0 Å². The van der Waals surface area contributed by atoms with Crippen LogP contribution in [0.4, 0.5) is 4.79 Å². The number of carbonyl (C=O) groups excluding carboxylic acids is 3. The summed E-state index contributed by atoms with van der Waals surface area (Å²) in [7, 11) is 1.22. The maximum Gasteiger partial charge on any atom is 0.508 e. The summed E-state index contributed by atoms with van der Waals surface area (Å²) in [5.74, 6) is -0.616. The Bertz CT molecular complexity index is 324. The van der Waals surface area contributed by atoms with Crippen LogP contribution in [-0.4, -0.2) is 69.6 Å². The van der Waals surface area contributed by atoms with Crippen LogP contribution in [0.1, 0.15) is 26.7 Å². The third-order valence-corrected chi connectivity index (χ3v) is 2.67. The molecule has 0 bridgehead atoms. The van der Waals surface area contributed by atoms with E-state index in [0.29, 0.717) is 32.8 Å². The Labute approximate surface area is 130 Å². The Hall–Kier alpha value is -1.83. The molecule has 0 heterocycles. The maximum absolute atomic E-state index is 11.4. The van der Waals surface area contributed by atoms with Gasteiger partial charge in [-0.05, 0) is 13.8 Å². The summed E-state index contributed by atoms with van der Waals surface area (Å²) in [6.07, 6.45) is -0.361. The molecule has 0 rings (SSSR count). The van der Waals surface area contributed by atoms with Crippen LogP contribution in [0.15, 0.2) is 0 Å². The van der Waals surface area contributed by atoms with E-state index in [1.165, 1.54) is 7.11 Å². The molecule has 0 saturated carbocycles. The smallest absolute Gasteiger partial charge is 0.466 e. The van der Waals surface area contributed by atoms with Gasteiger partial charge in [-0.2, -0.15) is 0 Å². The molecule has 0 aliphatic heterocycles. The summed E-state index contributed by atoms with van der Waals surface area (Å²) in [4.78, 5) is 35.5. The molecule has 0 fully saturated rings. The number of esters is 2. The van der Waals surface area contributed by atoms with Crippen molar-refractivity contribution >= 4 is 18.1 Å². The summed E-state index contributed by atoms with van der Waals surface area (Å²) < 4.78 is 18.9. The third-order valence-electron chi connectivity index (χ3n) is 2.67. The van der Waals surface area contributed by atoms with Gasteiger partial charge in [-0.3, -0.25) is 14.5 Å². The molecular formula is C14H25NO7. The second-order valence-corrected chi connectivity index (χ2v) is 4.25. The number of ether oxygens (including phenoxy) is 4. The maximum atomic E-state index is 11.4. The summed E-state index contributed by atoms with van der Waals surface area (Å²) in [5, 5.41) is 0. The van der Waals surface area contributed by atoms with Crippen molar-refractivity contribution in [3.05, 3.63) is 0 Å². The molecule has 0 aromatic heterocycles. The van der Waals surface area contributed by atoms with Crippen molar-refractivity contribution in [3.63, 3.8) is 0 Å². The Kier molecular flexibility index (Phi) is 11.8. The summed E-state index contributed by atoms with van der Waals surface area (Å²) in [6.45, 7) is 5.43. The van der Waals surface area contributed by atoms with Crippen molar-refractivity contribution in [2.45, 2.75) is 26.7 Å². The van der Waals surface area contributed by atoms with Crippen molar-refractivity contribution < 1.29 is 33.3 Å². The quantitative estimate of drug-likeness (QED) is 0.411. The van der Waals surface area contributed by atoms with Crippen LogP contribution in [0, 0.1) is 0 Å². The fourth-order valence-corrected chi connectivity index (χ4v) is 1.62. The van der Waals surface area contributed by atoms with Gasteiger partial charge in [0.05, 0.1) is 33.2 Å². The second kappa shape index (κ2) is 12.9. The minimum absolute atomic E-state index is 0.109. The zero-order chi connectivity index (χ0) is 16.8. The number of hydrogen-bond donors (Lipinski definition) is 0. The van der Waals surface area contributed by atoms with E-state index >= 15 is 0 Å². The fraction of sp³-hybridized carbons (Fsp3) is 0.786. The lowest BCUT2D eigenvalue weighted by atomic mass is 10.3. The Balaban J connectivity index is 4.20. The summed E-state index contributed by atoms with van der Waals surface area (Å²) in [6, 6.07) is 0. The van der Waals surface area contributed by atoms with Gasteiger partial charge in [-0.15, -0.1) is 0 Å². The van der Waals surface area contributed by atoms with Gasteiger partial charge in [0, 0.05) is 19.6 Å². The van der Waals surface area contributed by atoms with Crippen molar-refractivity contribution in [3.8, 4) is 0 Å². The molecule has 8 nitrogen and oxygen atoms in total. The van der Waals surface area contributed by atoms with Crippen molar-refractivity contribution in [1.82, 2.24) is 4.90 Å². The first-order chi connectivity index (χ1) is 10.5. The molecular weight excluding hydrogens is 294 g/mol. The molecule has 0 aliphatic rings. The molecule has 0 N–H and O–H groups in total. The van der Waals surface area contributed by atoms with Crippen LogP contribution in [0.25, 0.3) is 0 Å². The van der Waals surface area contributed by atoms with Gasteiger partial charge in [0.2, 0.25) is 0 Å². The van der Waals surface area contributed by atoms with Crippen molar-refractivity contribution in [1.29, 1.82) is 0 Å². The normalized spacial score (nSPS) is 10.2. The minimum Gasteiger partial charge on any atom is -0.466 e. The van der Waals surface area contributed by atoms with E-state index < -0.39 is 6.16 Å². The average Bonchev–Trinajstić information content (AvgIpc) is 2.49. The molecule has 0 spiro atoms. The molecule has 0 atom stereocenters. The zero-order valence-electron chi connectivity index (χ0n) is 13.5. The van der Waals surface area contributed by atoms with Crippen molar-refractivity contribution in [2.75, 3.05) is 46.6 Å². The van der Waals surface area contributed by atoms with Crippen LogP contribution >= 0.6 is 0 Å². The third kappa shape index (κ3) is 10.9. The van der Waals surface area contributed by atoms with Crippen LogP contribution in [0.2, 0.25) is 0 Å². The predicted octanol–water partition coefficient (Wildman–Crippen LogP) is 0.978. The Morgan fingerprint density at radius 2 is 1.32 bits per heavy atom. The van der Waals surface area contributed by atoms with Crippen LogP contribution in [-0.2, 0) is 28.5 Å². The molecule has 0 aromatic carbocycles. The van der Waals surface area contributed by atoms with E-state index in [1.54, 1.807) is 13.8 Å². The van der Waals surface area contributed by atoms with Gasteiger partial charge in [0.1, 0.15) is 6.61 Å². The monoisotopic (exact) mass is 319 g/mol. The molecule has 0 radical (unpaired) electrons. The fourth-order valence-electron chi connectivity index (χ4n) is 1.62. The van der Waals surface area contributed by atoms with Gasteiger partial charge >= 0.3 is 18.1 Å². The molecule has 0 saturated heterocycles. The Morgan fingerprint density at radius 3 is 1.73 bits per heavy atom. The number of nitrogens with zero attached hydrogens (tertiary/aromatic N) is 1. The van der Waals surface area contributed by atoms with Crippen LogP contribution in [0.5, 0.6) is 0 Å². The summed E-state index contributed by atoms with van der Waals surface area (Å²) in [5.41, 5.74) is 0. The average molecular weight is 319 g/mol. The lowest BCUT2D eigenvalue weighted by Crippen LogP contribution is -2.33. The highest BCUT2D eigenvalue weighted by Crippen LogP contribution is 1.99. The molecule has 0 amide bonds. The van der Waals surface area contributed by atoms with Crippen molar-refractivity contribution in [2.24, 2.45) is 0 Å². The molecule has 8 heteroatoms. The largest absolute Gasteiger partial charge is 0.508 e. The van der Waals surface area contributed by atoms with Gasteiger partial charge < -0.3 is 18.9 Å². The van der Waals surface area contributed by atoms with Gasteiger partial charge in [-0.25, -0.2) is 4.79 Å². The first kappa shape index (κ1) is 20.2. The highest BCUT2D eigenvalue weighted by Gasteiger charge is 2.12. The highest BCUT2D eigenvalue weighted by atomic mass is 16.7. The predicted molar refractivity (Wildman–Crippen MR) is 77.3 cm³/mol. The van der Waals surface area contributed by atoms with E-state index in [9.17, 15) is 14.4 Å². The molecule has 0 unspecified atom stereocenters. The molecule has 128 valence electrons. The number of hydrogen-bond acceptors (Lipinski definition) is 8. The van der Waals surface area contributed by atoms with E-state index in [1.807, 2.05) is 4.90 Å². The number of carbonyl (C=O) groups is 3. The van der Waals surface area contributed by atoms with E-state index in [2.05, 4.69) is 4.74 Å². The molecule has 22 heavy (non-hydrogen) atoms. The molecule has 0 aromatic rings. The van der Waals surface area contributed by atoms with Gasteiger partial charge in [0.15, 0.2) is 0 Å². The van der Waals surface area contributed by atoms with Gasteiger partial charge in [0.25, 0.3) is 0 Å². The zero-order valence-corrected chi connectivity index (χ0v) is 13.5. The van der Waals surface area contributed by atoms with Crippen LogP contribution < -0.4 is 0 Å². The summed E-state index contributed by atoms with van der Waals surface area (Å²) >= 11 is 0. The topological polar surface area (TPSA) is 91.4 Å². The highest BCUT2D eigenvalue weighted by molar-refractivity contribution is 5.70. The van der Waals surface area contributed by atoms with E-state index in [-0.39, 0.29) is 31.4 Å². The lowest BCUT2D eigenvalue weighted by molar-refractivity contribution is -0.143. The first-order valence-electron chi connectivity index (χ1n) is 7.27. The van der Waals surface area contributed by atoms with E-state index in [4.69, 9.17) is 14.2 Å². The number of rotatable bonds is 11. The second-order valence-electron chi connectivity index (χ2n) is 4.25. The first-order valence-corrected chi connectivity index (χ1v) is 7.27. The van der Waals surface area contributed by atoms with E-state index in [0.717, 1.165) is 0 Å². The van der Waals surface area contributed by atoms with Gasteiger partial charge in [-0.1, -0.05) is 0 Å². The Morgan fingerprint density at radius 1 is 0.818 bits per heavy atom. The minimum atomic E-state index is -0.768.